The van der Waals surface area contributed by atoms with Gasteiger partial charge in [-0.3, -0.25) is 0 Å². The summed E-state index contributed by atoms with van der Waals surface area (Å²) in [6, 6.07) is 7.87. The number of halogens is 1. The van der Waals surface area contributed by atoms with Crippen molar-refractivity contribution in [1.29, 1.82) is 0 Å². The SMILES string of the molecule is CC(C)NCc1cnc(COc2cccc(Cl)c2)s1. The van der Waals surface area contributed by atoms with E-state index < -0.39 is 0 Å². The van der Waals surface area contributed by atoms with Gasteiger partial charge in [-0.1, -0.05) is 31.5 Å². The number of benzene rings is 1. The van der Waals surface area contributed by atoms with Crippen LogP contribution in [0.3, 0.4) is 0 Å². The first kappa shape index (κ1) is 14.3. The second-order valence-electron chi connectivity index (χ2n) is 4.50. The van der Waals surface area contributed by atoms with Crippen LogP contribution in [-0.2, 0) is 13.2 Å². The van der Waals surface area contributed by atoms with Gasteiger partial charge in [0.2, 0.25) is 0 Å². The number of nitrogens with zero attached hydrogens (tertiary/aromatic N) is 1. The predicted molar refractivity (Wildman–Crippen MR) is 79.9 cm³/mol. The molecule has 2 rings (SSSR count). The Labute approximate surface area is 122 Å². The van der Waals surface area contributed by atoms with E-state index in [1.165, 1.54) is 4.88 Å². The maximum Gasteiger partial charge on any atom is 0.140 e. The second kappa shape index (κ2) is 6.89. The average molecular weight is 297 g/mol. The van der Waals surface area contributed by atoms with E-state index in [1.807, 2.05) is 24.4 Å². The first-order valence-corrected chi connectivity index (χ1v) is 7.38. The molecule has 0 radical (unpaired) electrons. The number of hydrogen-bond acceptors (Lipinski definition) is 4. The highest BCUT2D eigenvalue weighted by atomic mass is 35.5. The minimum atomic E-state index is 0.479. The number of aromatic nitrogens is 1. The van der Waals surface area contributed by atoms with Crippen LogP contribution in [0, 0.1) is 0 Å². The summed E-state index contributed by atoms with van der Waals surface area (Å²) in [5, 5.41) is 5.02. The van der Waals surface area contributed by atoms with Gasteiger partial charge >= 0.3 is 0 Å². The molecule has 3 nitrogen and oxygen atoms in total. The van der Waals surface area contributed by atoms with Crippen molar-refractivity contribution in [3.63, 3.8) is 0 Å². The molecule has 0 saturated carbocycles. The first-order chi connectivity index (χ1) is 9.13. The smallest absolute Gasteiger partial charge is 0.140 e. The number of nitrogens with one attached hydrogen (secondary N) is 1. The molecule has 0 bridgehead atoms. The van der Waals surface area contributed by atoms with Gasteiger partial charge in [-0.05, 0) is 18.2 Å². The van der Waals surface area contributed by atoms with Crippen LogP contribution in [0.2, 0.25) is 5.02 Å². The summed E-state index contributed by atoms with van der Waals surface area (Å²) >= 11 is 7.57. The topological polar surface area (TPSA) is 34.2 Å². The zero-order valence-corrected chi connectivity index (χ0v) is 12.6. The molecule has 1 heterocycles. The van der Waals surface area contributed by atoms with Crippen molar-refractivity contribution in [2.24, 2.45) is 0 Å². The van der Waals surface area contributed by atoms with E-state index in [2.05, 4.69) is 24.1 Å². The molecule has 1 aromatic heterocycles. The lowest BCUT2D eigenvalue weighted by Gasteiger charge is -2.05. The third kappa shape index (κ3) is 4.82. The van der Waals surface area contributed by atoms with Crippen LogP contribution in [0.5, 0.6) is 5.75 Å². The highest BCUT2D eigenvalue weighted by molar-refractivity contribution is 7.11. The third-order valence-electron chi connectivity index (χ3n) is 2.44. The molecule has 19 heavy (non-hydrogen) atoms. The molecule has 0 spiro atoms. The van der Waals surface area contributed by atoms with E-state index in [9.17, 15) is 0 Å². The molecular formula is C14H17ClN2OS. The molecule has 5 heteroatoms. The van der Waals surface area contributed by atoms with Gasteiger partial charge in [-0.15, -0.1) is 11.3 Å². The van der Waals surface area contributed by atoms with Crippen molar-refractivity contribution in [3.8, 4) is 5.75 Å². The Morgan fingerprint density at radius 2 is 2.26 bits per heavy atom. The largest absolute Gasteiger partial charge is 0.486 e. The highest BCUT2D eigenvalue weighted by Crippen LogP contribution is 2.20. The summed E-state index contributed by atoms with van der Waals surface area (Å²) in [7, 11) is 0. The van der Waals surface area contributed by atoms with Crippen LogP contribution in [-0.4, -0.2) is 11.0 Å². The quantitative estimate of drug-likeness (QED) is 0.878. The fourth-order valence-corrected chi connectivity index (χ4v) is 2.47. The van der Waals surface area contributed by atoms with Gasteiger partial charge in [0.1, 0.15) is 17.4 Å². The van der Waals surface area contributed by atoms with Crippen LogP contribution >= 0.6 is 22.9 Å². The number of thiazole rings is 1. The van der Waals surface area contributed by atoms with Crippen molar-refractivity contribution < 1.29 is 4.74 Å². The maximum absolute atomic E-state index is 5.90. The van der Waals surface area contributed by atoms with Crippen LogP contribution in [0.15, 0.2) is 30.5 Å². The summed E-state index contributed by atoms with van der Waals surface area (Å²) in [5.41, 5.74) is 0. The molecule has 0 aliphatic rings. The van der Waals surface area contributed by atoms with E-state index in [-0.39, 0.29) is 0 Å². The van der Waals surface area contributed by atoms with E-state index in [0.29, 0.717) is 17.7 Å². The standard InChI is InChI=1S/C14H17ClN2OS/c1-10(2)16-7-13-8-17-14(19-13)9-18-12-5-3-4-11(15)6-12/h3-6,8,10,16H,7,9H2,1-2H3. The number of rotatable bonds is 6. The second-order valence-corrected chi connectivity index (χ2v) is 6.14. The fraction of sp³-hybridized carbons (Fsp3) is 0.357. The van der Waals surface area contributed by atoms with E-state index in [0.717, 1.165) is 17.3 Å². The Morgan fingerprint density at radius 1 is 1.42 bits per heavy atom. The Morgan fingerprint density at radius 3 is 3.00 bits per heavy atom. The maximum atomic E-state index is 5.90. The molecule has 0 fully saturated rings. The molecule has 0 aliphatic carbocycles. The van der Waals surface area contributed by atoms with Crippen molar-refractivity contribution >= 4 is 22.9 Å². The zero-order valence-electron chi connectivity index (χ0n) is 11.0. The van der Waals surface area contributed by atoms with Gasteiger partial charge in [-0.25, -0.2) is 4.98 Å². The Hall–Kier alpha value is -1.10. The lowest BCUT2D eigenvalue weighted by molar-refractivity contribution is 0.305. The van der Waals surface area contributed by atoms with E-state index in [4.69, 9.17) is 16.3 Å². The minimum Gasteiger partial charge on any atom is -0.486 e. The van der Waals surface area contributed by atoms with Crippen LogP contribution in [0.1, 0.15) is 23.7 Å². The Bertz CT molecular complexity index is 528. The summed E-state index contributed by atoms with van der Waals surface area (Å²) < 4.78 is 5.65. The average Bonchev–Trinajstić information content (AvgIpc) is 2.82. The molecule has 0 amide bonds. The predicted octanol–water partition coefficient (Wildman–Crippen LogP) is 3.87. The molecule has 0 aliphatic heterocycles. The van der Waals surface area contributed by atoms with E-state index >= 15 is 0 Å². The first-order valence-electron chi connectivity index (χ1n) is 6.19. The van der Waals surface area contributed by atoms with Crippen molar-refractivity contribution in [3.05, 3.63) is 45.4 Å². The Balaban J connectivity index is 1.86. The molecule has 2 aromatic rings. The number of hydrogen-bond donors (Lipinski definition) is 1. The normalized spacial score (nSPS) is 10.9. The van der Waals surface area contributed by atoms with Crippen molar-refractivity contribution in [2.75, 3.05) is 0 Å². The number of ether oxygens (including phenoxy) is 1. The van der Waals surface area contributed by atoms with E-state index in [1.54, 1.807) is 17.4 Å². The van der Waals surface area contributed by atoms with Gasteiger partial charge in [0, 0.05) is 28.7 Å². The Kier molecular flexibility index (Phi) is 5.19. The molecule has 102 valence electrons. The van der Waals surface area contributed by atoms with Crippen molar-refractivity contribution in [2.45, 2.75) is 33.0 Å². The molecule has 1 aromatic carbocycles. The third-order valence-corrected chi connectivity index (χ3v) is 3.65. The molecule has 0 atom stereocenters. The van der Waals surface area contributed by atoms with Crippen LogP contribution < -0.4 is 10.1 Å². The molecule has 0 saturated heterocycles. The van der Waals surface area contributed by atoms with Gasteiger partial charge in [0.25, 0.3) is 0 Å². The van der Waals surface area contributed by atoms with Gasteiger partial charge in [0.15, 0.2) is 0 Å². The summed E-state index contributed by atoms with van der Waals surface area (Å²) in [6.07, 6.45) is 1.90. The summed E-state index contributed by atoms with van der Waals surface area (Å²) in [5.74, 6) is 0.768. The summed E-state index contributed by atoms with van der Waals surface area (Å²) in [4.78, 5) is 5.57. The monoisotopic (exact) mass is 296 g/mol. The molecule has 0 unspecified atom stereocenters. The molecular weight excluding hydrogens is 280 g/mol. The fourth-order valence-electron chi connectivity index (χ4n) is 1.50. The van der Waals surface area contributed by atoms with Crippen molar-refractivity contribution in [1.82, 2.24) is 10.3 Å². The van der Waals surface area contributed by atoms with Gasteiger partial charge < -0.3 is 10.1 Å². The van der Waals surface area contributed by atoms with Crippen LogP contribution in [0.25, 0.3) is 0 Å². The lowest BCUT2D eigenvalue weighted by atomic mass is 10.3. The lowest BCUT2D eigenvalue weighted by Crippen LogP contribution is -2.21. The molecule has 1 N–H and O–H groups in total. The van der Waals surface area contributed by atoms with Crippen LogP contribution in [0.4, 0.5) is 0 Å². The zero-order chi connectivity index (χ0) is 13.7. The minimum absolute atomic E-state index is 0.479. The van der Waals surface area contributed by atoms with Gasteiger partial charge in [-0.2, -0.15) is 0 Å². The summed E-state index contributed by atoms with van der Waals surface area (Å²) in [6.45, 7) is 5.59. The highest BCUT2D eigenvalue weighted by Gasteiger charge is 2.04. The van der Waals surface area contributed by atoms with Gasteiger partial charge in [0.05, 0.1) is 0 Å².